The summed E-state index contributed by atoms with van der Waals surface area (Å²) in [5, 5.41) is 0. The van der Waals surface area contributed by atoms with Crippen molar-refractivity contribution < 1.29 is 0 Å². The summed E-state index contributed by atoms with van der Waals surface area (Å²) in [6.45, 7) is 9.23. The molecule has 1 aliphatic rings. The van der Waals surface area contributed by atoms with E-state index in [1.54, 1.807) is 5.56 Å². The minimum Gasteiger partial charge on any atom is -0.0795 e. The zero-order valence-electron chi connectivity index (χ0n) is 17.1. The highest BCUT2D eigenvalue weighted by atomic mass is 14.3. The summed E-state index contributed by atoms with van der Waals surface area (Å²) in [6.07, 6.45) is 11.4. The first-order chi connectivity index (χ1) is 12.5. The third-order valence-electron chi connectivity index (χ3n) is 5.96. The van der Waals surface area contributed by atoms with Crippen molar-refractivity contribution in [2.75, 3.05) is 0 Å². The molecule has 0 radical (unpaired) electrons. The van der Waals surface area contributed by atoms with Crippen LogP contribution in [-0.4, -0.2) is 0 Å². The SMILES string of the molecule is CCCCCCc1ccc2c(c1)CCC=C(c1ccc(C)cc1)C2(C)C. The fourth-order valence-corrected chi connectivity index (χ4v) is 4.36. The van der Waals surface area contributed by atoms with Crippen molar-refractivity contribution in [2.24, 2.45) is 0 Å². The van der Waals surface area contributed by atoms with Gasteiger partial charge in [0.1, 0.15) is 0 Å². The summed E-state index contributed by atoms with van der Waals surface area (Å²) in [5.74, 6) is 0. The monoisotopic (exact) mass is 346 g/mol. The van der Waals surface area contributed by atoms with Crippen LogP contribution in [0.1, 0.15) is 80.7 Å². The Morgan fingerprint density at radius 2 is 1.69 bits per heavy atom. The fraction of sp³-hybridized carbons (Fsp3) is 0.462. The summed E-state index contributed by atoms with van der Waals surface area (Å²) in [4.78, 5) is 0. The van der Waals surface area contributed by atoms with Gasteiger partial charge in [-0.2, -0.15) is 0 Å². The quantitative estimate of drug-likeness (QED) is 0.477. The molecule has 3 rings (SSSR count). The second-order valence-corrected chi connectivity index (χ2v) is 8.45. The van der Waals surface area contributed by atoms with Gasteiger partial charge in [0, 0.05) is 5.41 Å². The largest absolute Gasteiger partial charge is 0.0795 e. The van der Waals surface area contributed by atoms with Gasteiger partial charge in [-0.25, -0.2) is 0 Å². The number of fused-ring (bicyclic) bond motifs is 1. The van der Waals surface area contributed by atoms with Crippen LogP contribution in [0.25, 0.3) is 5.57 Å². The molecule has 0 heteroatoms. The van der Waals surface area contributed by atoms with E-state index < -0.39 is 0 Å². The molecule has 0 saturated heterocycles. The molecule has 0 fully saturated rings. The summed E-state index contributed by atoms with van der Waals surface area (Å²) < 4.78 is 0. The summed E-state index contributed by atoms with van der Waals surface area (Å²) >= 11 is 0. The van der Waals surface area contributed by atoms with Crippen LogP contribution in [0.3, 0.4) is 0 Å². The maximum Gasteiger partial charge on any atom is 0.0152 e. The van der Waals surface area contributed by atoms with E-state index in [-0.39, 0.29) is 5.41 Å². The number of allylic oxidation sites excluding steroid dienone is 2. The van der Waals surface area contributed by atoms with E-state index in [4.69, 9.17) is 0 Å². The minimum absolute atomic E-state index is 0.0574. The van der Waals surface area contributed by atoms with E-state index in [0.29, 0.717) is 0 Å². The van der Waals surface area contributed by atoms with Gasteiger partial charge in [0.15, 0.2) is 0 Å². The lowest BCUT2D eigenvalue weighted by Crippen LogP contribution is -2.20. The van der Waals surface area contributed by atoms with Gasteiger partial charge in [-0.3, -0.25) is 0 Å². The van der Waals surface area contributed by atoms with Crippen LogP contribution in [0, 0.1) is 6.92 Å². The molecule has 0 saturated carbocycles. The van der Waals surface area contributed by atoms with Crippen LogP contribution >= 0.6 is 0 Å². The molecule has 0 N–H and O–H groups in total. The Morgan fingerprint density at radius 3 is 2.42 bits per heavy atom. The van der Waals surface area contributed by atoms with Crippen LogP contribution in [0.2, 0.25) is 0 Å². The first kappa shape index (κ1) is 19.0. The zero-order chi connectivity index (χ0) is 18.6. The van der Waals surface area contributed by atoms with Crippen molar-refractivity contribution in [2.45, 2.75) is 78.1 Å². The van der Waals surface area contributed by atoms with Gasteiger partial charge in [-0.1, -0.05) is 94.1 Å². The van der Waals surface area contributed by atoms with E-state index in [1.165, 1.54) is 59.9 Å². The first-order valence-electron chi connectivity index (χ1n) is 10.4. The second-order valence-electron chi connectivity index (χ2n) is 8.45. The molecule has 0 spiro atoms. The van der Waals surface area contributed by atoms with Crippen molar-refractivity contribution >= 4 is 5.57 Å². The summed E-state index contributed by atoms with van der Waals surface area (Å²) in [6, 6.07) is 16.3. The molecule has 0 amide bonds. The lowest BCUT2D eigenvalue weighted by molar-refractivity contribution is 0.663. The van der Waals surface area contributed by atoms with E-state index in [0.717, 1.165) is 12.8 Å². The van der Waals surface area contributed by atoms with Crippen molar-refractivity contribution in [3.8, 4) is 0 Å². The smallest absolute Gasteiger partial charge is 0.0152 e. The predicted molar refractivity (Wildman–Crippen MR) is 115 cm³/mol. The van der Waals surface area contributed by atoms with Gasteiger partial charge in [0.2, 0.25) is 0 Å². The Kier molecular flexibility index (Phi) is 6.01. The first-order valence-corrected chi connectivity index (χ1v) is 10.4. The van der Waals surface area contributed by atoms with Crippen molar-refractivity contribution in [1.29, 1.82) is 0 Å². The number of hydrogen-bond donors (Lipinski definition) is 0. The molecule has 0 heterocycles. The number of unbranched alkanes of at least 4 members (excludes halogenated alkanes) is 3. The normalized spacial score (nSPS) is 15.9. The van der Waals surface area contributed by atoms with Crippen molar-refractivity contribution in [3.63, 3.8) is 0 Å². The Labute approximate surface area is 160 Å². The predicted octanol–water partition coefficient (Wildman–Crippen LogP) is 7.43. The molecule has 0 aromatic heterocycles. The second kappa shape index (κ2) is 8.25. The van der Waals surface area contributed by atoms with E-state index >= 15 is 0 Å². The highest BCUT2D eigenvalue weighted by Gasteiger charge is 2.30. The van der Waals surface area contributed by atoms with Crippen LogP contribution in [0.4, 0.5) is 0 Å². The number of benzene rings is 2. The van der Waals surface area contributed by atoms with E-state index in [2.05, 4.69) is 76.2 Å². The van der Waals surface area contributed by atoms with Gasteiger partial charge in [0.05, 0.1) is 0 Å². The maximum atomic E-state index is 2.49. The number of hydrogen-bond acceptors (Lipinski definition) is 0. The Hall–Kier alpha value is -1.82. The van der Waals surface area contributed by atoms with Gasteiger partial charge < -0.3 is 0 Å². The highest BCUT2D eigenvalue weighted by Crippen LogP contribution is 2.42. The van der Waals surface area contributed by atoms with Gasteiger partial charge >= 0.3 is 0 Å². The molecule has 2 aromatic carbocycles. The van der Waals surface area contributed by atoms with Gasteiger partial charge in [-0.15, -0.1) is 0 Å². The molecule has 2 aromatic rings. The number of aryl methyl sites for hydroxylation is 3. The van der Waals surface area contributed by atoms with E-state index in [9.17, 15) is 0 Å². The Bertz CT molecular complexity index is 759. The third-order valence-corrected chi connectivity index (χ3v) is 5.96. The average Bonchev–Trinajstić information content (AvgIpc) is 2.75. The van der Waals surface area contributed by atoms with Crippen LogP contribution in [0.15, 0.2) is 48.5 Å². The molecule has 0 unspecified atom stereocenters. The standard InChI is InChI=1S/C26H34/c1-5-6-7-8-10-21-15-18-25-23(19-21)11-9-12-24(26(25,3)4)22-16-13-20(2)14-17-22/h12-19H,5-11H2,1-4H3. The molecular formula is C26H34. The molecule has 0 nitrogen and oxygen atoms in total. The van der Waals surface area contributed by atoms with E-state index in [1.807, 2.05) is 0 Å². The molecule has 26 heavy (non-hydrogen) atoms. The Balaban J connectivity index is 1.86. The minimum atomic E-state index is 0.0574. The molecule has 0 aliphatic heterocycles. The highest BCUT2D eigenvalue weighted by molar-refractivity contribution is 5.76. The average molecular weight is 347 g/mol. The molecular weight excluding hydrogens is 312 g/mol. The third kappa shape index (κ3) is 4.11. The van der Waals surface area contributed by atoms with Gasteiger partial charge in [-0.05, 0) is 60.4 Å². The zero-order valence-corrected chi connectivity index (χ0v) is 17.1. The summed E-state index contributed by atoms with van der Waals surface area (Å²) in [5.41, 5.74) is 8.83. The lowest BCUT2D eigenvalue weighted by Gasteiger charge is -2.30. The van der Waals surface area contributed by atoms with Crippen LogP contribution in [-0.2, 0) is 18.3 Å². The lowest BCUT2D eigenvalue weighted by atomic mass is 9.73. The van der Waals surface area contributed by atoms with Crippen molar-refractivity contribution in [1.82, 2.24) is 0 Å². The molecule has 0 atom stereocenters. The Morgan fingerprint density at radius 1 is 0.923 bits per heavy atom. The van der Waals surface area contributed by atoms with Crippen LogP contribution in [0.5, 0.6) is 0 Å². The van der Waals surface area contributed by atoms with Gasteiger partial charge in [0.25, 0.3) is 0 Å². The molecule has 1 aliphatic carbocycles. The fourth-order valence-electron chi connectivity index (χ4n) is 4.36. The number of rotatable bonds is 6. The topological polar surface area (TPSA) is 0 Å². The molecule has 138 valence electrons. The summed E-state index contributed by atoms with van der Waals surface area (Å²) in [7, 11) is 0. The molecule has 0 bridgehead atoms. The maximum absolute atomic E-state index is 2.49. The van der Waals surface area contributed by atoms with Crippen LogP contribution < -0.4 is 0 Å². The van der Waals surface area contributed by atoms with Crippen molar-refractivity contribution in [3.05, 3.63) is 76.4 Å².